The van der Waals surface area contributed by atoms with Gasteiger partial charge in [-0.25, -0.2) is 0 Å². The third-order valence-corrected chi connectivity index (χ3v) is 11.5. The van der Waals surface area contributed by atoms with Crippen LogP contribution in [-0.2, 0) is 10.8 Å². The van der Waals surface area contributed by atoms with E-state index in [1.807, 2.05) is 0 Å². The van der Waals surface area contributed by atoms with Gasteiger partial charge in [-0.15, -0.1) is 0 Å². The molecular formula is C50H37N. The van der Waals surface area contributed by atoms with Crippen molar-refractivity contribution in [3.63, 3.8) is 0 Å². The van der Waals surface area contributed by atoms with Gasteiger partial charge in [-0.2, -0.15) is 0 Å². The van der Waals surface area contributed by atoms with E-state index in [1.165, 1.54) is 72.1 Å². The first kappa shape index (κ1) is 29.7. The molecule has 0 fully saturated rings. The van der Waals surface area contributed by atoms with Gasteiger partial charge in [0.2, 0.25) is 0 Å². The van der Waals surface area contributed by atoms with Crippen LogP contribution in [0.3, 0.4) is 0 Å². The Bertz CT molecular complexity index is 2570. The molecule has 0 unspecified atom stereocenters. The second kappa shape index (κ2) is 11.2. The Morgan fingerprint density at radius 1 is 0.373 bits per heavy atom. The van der Waals surface area contributed by atoms with Crippen molar-refractivity contribution in [3.8, 4) is 22.3 Å². The Morgan fingerprint density at radius 3 is 1.55 bits per heavy atom. The van der Waals surface area contributed by atoms with Gasteiger partial charge in [-0.05, 0) is 91.4 Å². The summed E-state index contributed by atoms with van der Waals surface area (Å²) in [4.78, 5) is 2.49. The van der Waals surface area contributed by atoms with E-state index in [-0.39, 0.29) is 5.41 Å². The summed E-state index contributed by atoms with van der Waals surface area (Å²) in [6, 6.07) is 69.8. The van der Waals surface area contributed by atoms with Crippen LogP contribution in [0.5, 0.6) is 0 Å². The molecule has 0 aliphatic heterocycles. The molecule has 1 heteroatoms. The molecule has 2 aliphatic carbocycles. The van der Waals surface area contributed by atoms with E-state index in [1.54, 1.807) is 0 Å². The third-order valence-electron chi connectivity index (χ3n) is 11.5. The van der Waals surface area contributed by atoms with Gasteiger partial charge in [0.05, 0.1) is 11.1 Å². The Hall–Kier alpha value is -6.18. The van der Waals surface area contributed by atoms with Crippen molar-refractivity contribution < 1.29 is 0 Å². The number of nitrogens with zero attached hydrogens (tertiary/aromatic N) is 1. The zero-order chi connectivity index (χ0) is 34.2. The number of hydrogen-bond donors (Lipinski definition) is 0. The van der Waals surface area contributed by atoms with E-state index in [9.17, 15) is 0 Å². The summed E-state index contributed by atoms with van der Waals surface area (Å²) in [7, 11) is 0. The molecule has 2 aliphatic rings. The van der Waals surface area contributed by atoms with Gasteiger partial charge in [0, 0.05) is 22.2 Å². The van der Waals surface area contributed by atoms with E-state index < -0.39 is 5.41 Å². The fourth-order valence-corrected chi connectivity index (χ4v) is 9.23. The lowest BCUT2D eigenvalue weighted by molar-refractivity contribution is 0.660. The molecule has 8 aromatic rings. The van der Waals surface area contributed by atoms with Gasteiger partial charge in [0.15, 0.2) is 0 Å². The molecule has 0 N–H and O–H groups in total. The molecule has 8 aromatic carbocycles. The SMILES string of the molecule is CC1(C)c2ccccc2-c2ccc(N(c3ccc4c(c3)C(c3ccccc3)(c3ccccc3)c3ccccc3-4)c3cccc4ccccc34)cc21. The summed E-state index contributed by atoms with van der Waals surface area (Å²) in [5.74, 6) is 0. The van der Waals surface area contributed by atoms with Gasteiger partial charge < -0.3 is 4.90 Å². The van der Waals surface area contributed by atoms with E-state index in [0.29, 0.717) is 0 Å². The van der Waals surface area contributed by atoms with E-state index in [2.05, 4.69) is 207 Å². The largest absolute Gasteiger partial charge is 0.310 e. The molecule has 0 bridgehead atoms. The molecule has 51 heavy (non-hydrogen) atoms. The minimum Gasteiger partial charge on any atom is -0.310 e. The number of fused-ring (bicyclic) bond motifs is 7. The fourth-order valence-electron chi connectivity index (χ4n) is 9.23. The fraction of sp³-hybridized carbons (Fsp3) is 0.0800. The first-order valence-electron chi connectivity index (χ1n) is 17.9. The molecule has 0 spiro atoms. The standard InChI is InChI=1S/C50H37N/c1-49(2)44-25-13-11-23-40(44)42-30-28-37(32-46(42)49)51(48-27-15-17-34-16-9-10-22-39(34)48)38-29-31-43-41-24-12-14-26-45(41)50(47(43)33-38,35-18-5-3-6-19-35)36-20-7-4-8-21-36/h3-33H,1-2H3. The van der Waals surface area contributed by atoms with Crippen LogP contribution in [0.15, 0.2) is 188 Å². The minimum absolute atomic E-state index is 0.109. The highest BCUT2D eigenvalue weighted by atomic mass is 15.1. The molecule has 0 amide bonds. The molecule has 0 atom stereocenters. The molecule has 0 aromatic heterocycles. The van der Waals surface area contributed by atoms with Gasteiger partial charge >= 0.3 is 0 Å². The number of benzene rings is 8. The summed E-state index contributed by atoms with van der Waals surface area (Å²) >= 11 is 0. The summed E-state index contributed by atoms with van der Waals surface area (Å²) in [6.07, 6.45) is 0. The molecule has 1 nitrogen and oxygen atoms in total. The van der Waals surface area contributed by atoms with Crippen molar-refractivity contribution in [3.05, 3.63) is 221 Å². The zero-order valence-electron chi connectivity index (χ0n) is 28.8. The van der Waals surface area contributed by atoms with Crippen LogP contribution in [0.4, 0.5) is 17.1 Å². The summed E-state index contributed by atoms with van der Waals surface area (Å²) < 4.78 is 0. The highest BCUT2D eigenvalue weighted by Crippen LogP contribution is 2.58. The van der Waals surface area contributed by atoms with Crippen molar-refractivity contribution in [1.29, 1.82) is 0 Å². The molecule has 0 saturated heterocycles. The average Bonchev–Trinajstić information content (AvgIpc) is 3.61. The first-order valence-corrected chi connectivity index (χ1v) is 17.9. The van der Waals surface area contributed by atoms with Crippen molar-refractivity contribution in [2.45, 2.75) is 24.7 Å². The molecular weight excluding hydrogens is 615 g/mol. The zero-order valence-corrected chi connectivity index (χ0v) is 28.8. The van der Waals surface area contributed by atoms with Crippen LogP contribution in [0, 0.1) is 0 Å². The lowest BCUT2D eigenvalue weighted by atomic mass is 9.67. The van der Waals surface area contributed by atoms with Crippen LogP contribution in [-0.4, -0.2) is 0 Å². The summed E-state index contributed by atoms with van der Waals surface area (Å²) in [5.41, 5.74) is 16.0. The quantitative estimate of drug-likeness (QED) is 0.179. The van der Waals surface area contributed by atoms with Crippen molar-refractivity contribution in [2.24, 2.45) is 0 Å². The van der Waals surface area contributed by atoms with E-state index in [0.717, 1.165) is 11.4 Å². The second-order valence-electron chi connectivity index (χ2n) is 14.5. The maximum absolute atomic E-state index is 2.49. The van der Waals surface area contributed by atoms with Crippen LogP contribution >= 0.6 is 0 Å². The van der Waals surface area contributed by atoms with Gasteiger partial charge in [-0.3, -0.25) is 0 Å². The van der Waals surface area contributed by atoms with Crippen LogP contribution in [0.1, 0.15) is 47.2 Å². The van der Waals surface area contributed by atoms with Crippen LogP contribution < -0.4 is 4.90 Å². The number of hydrogen-bond acceptors (Lipinski definition) is 1. The molecule has 0 saturated carbocycles. The predicted molar refractivity (Wildman–Crippen MR) is 213 cm³/mol. The van der Waals surface area contributed by atoms with Gasteiger partial charge in [-0.1, -0.05) is 172 Å². The lowest BCUT2D eigenvalue weighted by Gasteiger charge is -2.35. The average molecular weight is 652 g/mol. The molecule has 242 valence electrons. The smallest absolute Gasteiger partial charge is 0.0714 e. The monoisotopic (exact) mass is 651 g/mol. The summed E-state index contributed by atoms with van der Waals surface area (Å²) in [5, 5.41) is 2.45. The molecule has 0 heterocycles. The maximum Gasteiger partial charge on any atom is 0.0714 e. The van der Waals surface area contributed by atoms with Gasteiger partial charge in [0.1, 0.15) is 0 Å². The highest BCUT2D eigenvalue weighted by Gasteiger charge is 2.46. The first-order chi connectivity index (χ1) is 25.1. The van der Waals surface area contributed by atoms with Crippen molar-refractivity contribution >= 4 is 27.8 Å². The Balaban J connectivity index is 1.27. The normalized spacial score (nSPS) is 14.4. The maximum atomic E-state index is 2.49. The Morgan fingerprint density at radius 2 is 0.863 bits per heavy atom. The highest BCUT2D eigenvalue weighted by molar-refractivity contribution is 6.00. The second-order valence-corrected chi connectivity index (χ2v) is 14.5. The number of rotatable bonds is 5. The Kier molecular flexibility index (Phi) is 6.51. The van der Waals surface area contributed by atoms with E-state index in [4.69, 9.17) is 0 Å². The van der Waals surface area contributed by atoms with Crippen molar-refractivity contribution in [1.82, 2.24) is 0 Å². The predicted octanol–water partition coefficient (Wildman–Crippen LogP) is 13.0. The molecule has 10 rings (SSSR count). The van der Waals surface area contributed by atoms with Crippen LogP contribution in [0.25, 0.3) is 33.0 Å². The lowest BCUT2D eigenvalue weighted by Crippen LogP contribution is -2.28. The van der Waals surface area contributed by atoms with Crippen molar-refractivity contribution in [2.75, 3.05) is 4.90 Å². The third kappa shape index (κ3) is 4.22. The Labute approximate surface area is 300 Å². The van der Waals surface area contributed by atoms with E-state index >= 15 is 0 Å². The van der Waals surface area contributed by atoms with Crippen LogP contribution in [0.2, 0.25) is 0 Å². The number of anilines is 3. The molecule has 0 radical (unpaired) electrons. The minimum atomic E-state index is -0.476. The summed E-state index contributed by atoms with van der Waals surface area (Å²) in [6.45, 7) is 4.73. The topological polar surface area (TPSA) is 3.24 Å². The van der Waals surface area contributed by atoms with Gasteiger partial charge in [0.25, 0.3) is 0 Å².